The zero-order valence-electron chi connectivity index (χ0n) is 16.1. The van der Waals surface area contributed by atoms with E-state index < -0.39 is 11.9 Å². The Morgan fingerprint density at radius 3 is 2.38 bits per heavy atom. The molecule has 152 valence electrons. The Hall–Kier alpha value is -2.32. The van der Waals surface area contributed by atoms with E-state index in [-0.39, 0.29) is 29.4 Å². The number of carbonyl (C=O) groups excluding carboxylic acids is 3. The van der Waals surface area contributed by atoms with Crippen molar-refractivity contribution in [3.8, 4) is 0 Å². The van der Waals surface area contributed by atoms with E-state index >= 15 is 0 Å². The predicted molar refractivity (Wildman–Crippen MR) is 113 cm³/mol. The average Bonchev–Trinajstić information content (AvgIpc) is 2.69. The molecular formula is C21H20BrNO5S. The monoisotopic (exact) mass is 477 g/mol. The van der Waals surface area contributed by atoms with Crippen molar-refractivity contribution in [3.63, 3.8) is 0 Å². The van der Waals surface area contributed by atoms with Crippen LogP contribution in [0.2, 0.25) is 0 Å². The van der Waals surface area contributed by atoms with Crippen molar-refractivity contribution < 1.29 is 23.9 Å². The molecule has 3 rings (SSSR count). The number of carbonyl (C=O) groups is 3. The first-order valence-electron chi connectivity index (χ1n) is 9.34. The maximum Gasteiger partial charge on any atom is 0.349 e. The molecule has 1 aliphatic rings. The maximum atomic E-state index is 12.8. The highest BCUT2D eigenvalue weighted by Crippen LogP contribution is 2.29. The first-order valence-corrected chi connectivity index (χ1v) is 10.9. The lowest BCUT2D eigenvalue weighted by atomic mass is 9.89. The second kappa shape index (κ2) is 9.45. The predicted octanol–water partition coefficient (Wildman–Crippen LogP) is 4.62. The lowest BCUT2D eigenvalue weighted by Gasteiger charge is -2.20. The van der Waals surface area contributed by atoms with Crippen LogP contribution in [-0.4, -0.2) is 30.9 Å². The van der Waals surface area contributed by atoms with Crippen molar-refractivity contribution in [2.75, 3.05) is 13.2 Å². The topological polar surface area (TPSA) is 82.0 Å². The van der Waals surface area contributed by atoms with Gasteiger partial charge >= 0.3 is 11.9 Å². The van der Waals surface area contributed by atoms with Crippen molar-refractivity contribution in [1.82, 2.24) is 0 Å². The Labute approximate surface area is 180 Å². The summed E-state index contributed by atoms with van der Waals surface area (Å²) in [4.78, 5) is 42.8. The highest BCUT2D eigenvalue weighted by Gasteiger charge is 2.31. The number of rotatable bonds is 5. The first kappa shape index (κ1) is 21.4. The van der Waals surface area contributed by atoms with Gasteiger partial charge < -0.3 is 9.47 Å². The van der Waals surface area contributed by atoms with Crippen LogP contribution in [0.15, 0.2) is 33.7 Å². The normalized spacial score (nSPS) is 13.8. The summed E-state index contributed by atoms with van der Waals surface area (Å²) in [5.74, 6) is -1.32. The molecule has 1 heterocycles. The number of benzene rings is 1. The molecule has 1 aliphatic carbocycles. The summed E-state index contributed by atoms with van der Waals surface area (Å²) in [5.41, 5.74) is 1.70. The Balaban J connectivity index is 2.32. The number of hydrogen-bond acceptors (Lipinski definition) is 7. The summed E-state index contributed by atoms with van der Waals surface area (Å²) < 4.78 is 11.7. The van der Waals surface area contributed by atoms with Crippen LogP contribution in [0, 0.1) is 0 Å². The molecule has 2 aromatic rings. The maximum absolute atomic E-state index is 12.8. The molecule has 1 aromatic heterocycles. The second-order valence-corrected chi connectivity index (χ2v) is 8.19. The fourth-order valence-corrected chi connectivity index (χ4v) is 4.55. The molecule has 8 heteroatoms. The van der Waals surface area contributed by atoms with E-state index in [0.29, 0.717) is 40.7 Å². The molecule has 0 unspecified atom stereocenters. The number of nitrogens with zero attached hydrogens (tertiary/aromatic N) is 1. The van der Waals surface area contributed by atoms with Gasteiger partial charge in [-0.1, -0.05) is 15.9 Å². The highest BCUT2D eigenvalue weighted by molar-refractivity contribution is 9.10. The van der Waals surface area contributed by atoms with Crippen molar-refractivity contribution in [3.05, 3.63) is 55.0 Å². The van der Waals surface area contributed by atoms with Gasteiger partial charge in [-0.05, 0) is 56.5 Å². The van der Waals surface area contributed by atoms with Gasteiger partial charge in [-0.15, -0.1) is 11.3 Å². The number of ether oxygens (including phenoxy) is 2. The number of ketones is 1. The van der Waals surface area contributed by atoms with Gasteiger partial charge in [-0.25, -0.2) is 14.6 Å². The summed E-state index contributed by atoms with van der Waals surface area (Å²) in [6.07, 6.45) is 1.48. The summed E-state index contributed by atoms with van der Waals surface area (Å²) in [6.45, 7) is 3.73. The van der Waals surface area contributed by atoms with E-state index in [0.717, 1.165) is 15.8 Å². The minimum atomic E-state index is -0.618. The van der Waals surface area contributed by atoms with Gasteiger partial charge in [-0.3, -0.25) is 4.79 Å². The van der Waals surface area contributed by atoms with Gasteiger partial charge in [0.15, 0.2) is 5.78 Å². The quantitative estimate of drug-likeness (QED) is 0.586. The zero-order chi connectivity index (χ0) is 21.0. The van der Waals surface area contributed by atoms with Crippen LogP contribution in [0.25, 0.3) is 0 Å². The molecule has 6 nitrogen and oxygen atoms in total. The number of fused-ring (bicyclic) bond motifs is 1. The van der Waals surface area contributed by atoms with Crippen molar-refractivity contribution in [1.29, 1.82) is 0 Å². The molecule has 0 saturated heterocycles. The van der Waals surface area contributed by atoms with E-state index in [1.807, 2.05) is 12.1 Å². The largest absolute Gasteiger partial charge is 0.462 e. The Bertz CT molecular complexity index is 1030. The van der Waals surface area contributed by atoms with Crippen molar-refractivity contribution in [2.45, 2.75) is 33.1 Å². The molecular weight excluding hydrogens is 458 g/mol. The third kappa shape index (κ3) is 4.64. The Kier molecular flexibility index (Phi) is 6.97. The lowest BCUT2D eigenvalue weighted by Crippen LogP contribution is -2.27. The number of esters is 2. The van der Waals surface area contributed by atoms with Gasteiger partial charge in [0.25, 0.3) is 0 Å². The van der Waals surface area contributed by atoms with Crippen LogP contribution in [0.4, 0.5) is 5.69 Å². The van der Waals surface area contributed by atoms with Crippen LogP contribution in [-0.2, 0) is 15.9 Å². The fourth-order valence-electron chi connectivity index (χ4n) is 3.15. The molecule has 0 spiro atoms. The van der Waals surface area contributed by atoms with Gasteiger partial charge in [0, 0.05) is 10.9 Å². The minimum Gasteiger partial charge on any atom is -0.462 e. The zero-order valence-corrected chi connectivity index (χ0v) is 18.5. The number of Topliss-reactive ketones (excluding diaryl/α,β-unsaturated/α-hetero) is 1. The molecule has 1 aromatic carbocycles. The smallest absolute Gasteiger partial charge is 0.349 e. The fraction of sp³-hybridized carbons (Fsp3) is 0.333. The summed E-state index contributed by atoms with van der Waals surface area (Å²) >= 11 is 4.38. The SMILES string of the molecule is CCOC(=O)c1sc(=Nc2ccc(Br)cc2)c2c(c1C(=O)OCC)CCCC2=O. The van der Waals surface area contributed by atoms with E-state index in [1.54, 1.807) is 26.0 Å². The molecule has 0 aliphatic heterocycles. The van der Waals surface area contributed by atoms with Crippen molar-refractivity contribution in [2.24, 2.45) is 4.99 Å². The molecule has 0 atom stereocenters. The van der Waals surface area contributed by atoms with Gasteiger partial charge in [0.1, 0.15) is 9.55 Å². The van der Waals surface area contributed by atoms with Crippen LogP contribution in [0.5, 0.6) is 0 Å². The molecule has 0 N–H and O–H groups in total. The molecule has 29 heavy (non-hydrogen) atoms. The van der Waals surface area contributed by atoms with Gasteiger partial charge in [0.2, 0.25) is 0 Å². The lowest BCUT2D eigenvalue weighted by molar-refractivity contribution is 0.0481. The average molecular weight is 478 g/mol. The highest BCUT2D eigenvalue weighted by atomic mass is 79.9. The van der Waals surface area contributed by atoms with Gasteiger partial charge in [-0.2, -0.15) is 0 Å². The van der Waals surface area contributed by atoms with Crippen LogP contribution < -0.4 is 4.67 Å². The summed E-state index contributed by atoms with van der Waals surface area (Å²) in [7, 11) is 0. The molecule has 0 bridgehead atoms. The van der Waals surface area contributed by atoms with E-state index in [1.165, 1.54) is 0 Å². The Morgan fingerprint density at radius 2 is 1.72 bits per heavy atom. The third-order valence-electron chi connectivity index (χ3n) is 4.35. The van der Waals surface area contributed by atoms with Crippen molar-refractivity contribution >= 4 is 50.7 Å². The standard InChI is InChI=1S/C21H20BrNO5S/c1-3-27-20(25)17-14-6-5-7-15(24)16(14)19(29-18(17)21(26)28-4-2)23-13-10-8-12(22)9-11-13/h8-11H,3-7H2,1-2H3. The van der Waals surface area contributed by atoms with Crippen LogP contribution in [0.1, 0.15) is 62.6 Å². The second-order valence-electron chi connectivity index (χ2n) is 6.27. The Morgan fingerprint density at radius 1 is 1.07 bits per heavy atom. The molecule has 0 amide bonds. The van der Waals surface area contributed by atoms with E-state index in [4.69, 9.17) is 9.47 Å². The third-order valence-corrected chi connectivity index (χ3v) is 5.94. The summed E-state index contributed by atoms with van der Waals surface area (Å²) in [5, 5.41) is 0. The molecule has 0 fully saturated rings. The first-order chi connectivity index (χ1) is 14.0. The number of hydrogen-bond donors (Lipinski definition) is 0. The van der Waals surface area contributed by atoms with Crippen LogP contribution >= 0.6 is 27.3 Å². The van der Waals surface area contributed by atoms with Gasteiger partial charge in [0.05, 0.1) is 30.0 Å². The van der Waals surface area contributed by atoms with E-state index in [2.05, 4.69) is 20.9 Å². The minimum absolute atomic E-state index is 0.0840. The van der Waals surface area contributed by atoms with Crippen LogP contribution in [0.3, 0.4) is 0 Å². The molecule has 0 saturated carbocycles. The molecule has 0 radical (unpaired) electrons. The van der Waals surface area contributed by atoms with E-state index in [9.17, 15) is 14.4 Å². The summed E-state index contributed by atoms with van der Waals surface area (Å²) in [6, 6.07) is 7.30. The number of halogens is 1.